The zero-order valence-corrected chi connectivity index (χ0v) is 16.6. The fourth-order valence-corrected chi connectivity index (χ4v) is 8.14. The number of ether oxygens (including phenoxy) is 2. The van der Waals surface area contributed by atoms with Crippen LogP contribution in [0.5, 0.6) is 11.5 Å². The van der Waals surface area contributed by atoms with Crippen molar-refractivity contribution >= 4 is 33.4 Å². The van der Waals surface area contributed by atoms with Crippen molar-refractivity contribution in [1.82, 2.24) is 9.80 Å². The Kier molecular flexibility index (Phi) is 3.20. The summed E-state index contributed by atoms with van der Waals surface area (Å²) in [6, 6.07) is 7.30. The Bertz CT molecular complexity index is 949. The molecule has 4 atom stereocenters. The Morgan fingerprint density at radius 2 is 2.00 bits per heavy atom. The molecule has 7 nitrogen and oxygen atoms in total. The summed E-state index contributed by atoms with van der Waals surface area (Å²) in [7, 11) is 4.47. The van der Waals surface area contributed by atoms with Crippen molar-refractivity contribution < 1.29 is 19.1 Å². The largest absolute Gasteiger partial charge is 0.454 e. The highest BCUT2D eigenvalue weighted by atomic mass is 33.1. The second-order valence-corrected chi connectivity index (χ2v) is 10.5. The van der Waals surface area contributed by atoms with Gasteiger partial charge in [-0.2, -0.15) is 5.26 Å². The number of rotatable bonds is 1. The van der Waals surface area contributed by atoms with Gasteiger partial charge in [0.2, 0.25) is 6.79 Å². The van der Waals surface area contributed by atoms with Gasteiger partial charge in [0.05, 0.1) is 17.5 Å². The highest BCUT2D eigenvalue weighted by molar-refractivity contribution is 8.78. The second kappa shape index (κ2) is 5.06. The van der Waals surface area contributed by atoms with E-state index < -0.39 is 21.2 Å². The maximum Gasteiger partial charge on any atom is 0.261 e. The van der Waals surface area contributed by atoms with E-state index >= 15 is 0 Å². The first kappa shape index (κ1) is 17.1. The number of carbonyl (C=O) groups excluding carboxylic acids is 2. The molecule has 5 heterocycles. The molecule has 5 aliphatic heterocycles. The van der Waals surface area contributed by atoms with E-state index in [-0.39, 0.29) is 25.0 Å². The van der Waals surface area contributed by atoms with Crippen LogP contribution < -0.4 is 9.47 Å². The van der Waals surface area contributed by atoms with Gasteiger partial charge in [0.15, 0.2) is 21.2 Å². The number of hydrogen-bond donors (Lipinski definition) is 0. The quantitative estimate of drug-likeness (QED) is 0.666. The molecule has 140 valence electrons. The zero-order chi connectivity index (χ0) is 19.2. The number of nitriles is 1. The van der Waals surface area contributed by atoms with E-state index in [0.29, 0.717) is 11.5 Å². The van der Waals surface area contributed by atoms with E-state index in [0.717, 1.165) is 5.56 Å². The first-order valence-corrected chi connectivity index (χ1v) is 10.7. The standard InChI is InChI=1S/C18H17N3O4S2/c1-16(8-19)7-18-15(23)20(3)17(2,26-27-18)14(22)21(18)13(16)10-5-4-6-11-12(10)25-9-24-11/h4-6,13H,7,9H2,1-3H3. The number of para-hydroxylation sites is 1. The summed E-state index contributed by atoms with van der Waals surface area (Å²) >= 11 is 0. The third-order valence-corrected chi connectivity index (χ3v) is 9.77. The van der Waals surface area contributed by atoms with Crippen LogP contribution in [0.15, 0.2) is 18.2 Å². The van der Waals surface area contributed by atoms with E-state index in [1.54, 1.807) is 24.9 Å². The minimum atomic E-state index is -1.08. The molecule has 4 unspecified atom stereocenters. The number of carbonyl (C=O) groups is 2. The van der Waals surface area contributed by atoms with Crippen LogP contribution in [0.25, 0.3) is 0 Å². The van der Waals surface area contributed by atoms with Crippen molar-refractivity contribution in [2.45, 2.75) is 36.1 Å². The lowest BCUT2D eigenvalue weighted by Gasteiger charge is -2.57. The molecule has 2 amide bonds. The molecule has 4 saturated heterocycles. The van der Waals surface area contributed by atoms with Gasteiger partial charge in [-0.25, -0.2) is 0 Å². The van der Waals surface area contributed by atoms with Crippen molar-refractivity contribution in [1.29, 1.82) is 5.26 Å². The SMILES string of the molecule is CN1C(=O)C23CC(C)(C#N)C(c4cccc5c4OCO5)N2C(=O)C1(C)SS3. The van der Waals surface area contributed by atoms with E-state index in [2.05, 4.69) is 6.07 Å². The fraction of sp³-hybridized carbons (Fsp3) is 0.500. The van der Waals surface area contributed by atoms with Crippen LogP contribution in [-0.2, 0) is 9.59 Å². The molecule has 0 aliphatic carbocycles. The van der Waals surface area contributed by atoms with E-state index in [1.807, 2.05) is 19.1 Å². The second-order valence-electron chi connectivity index (χ2n) is 7.66. The van der Waals surface area contributed by atoms with Crippen molar-refractivity contribution in [3.8, 4) is 17.6 Å². The van der Waals surface area contributed by atoms with Crippen LogP contribution in [0.4, 0.5) is 0 Å². The topological polar surface area (TPSA) is 82.9 Å². The molecule has 4 fully saturated rings. The number of likely N-dealkylation sites (N-methyl/N-ethyl adjacent to an activating group) is 1. The fourth-order valence-electron chi connectivity index (χ4n) is 4.55. The molecule has 1 aromatic rings. The third-order valence-electron chi connectivity index (χ3n) is 6.07. The number of amides is 2. The molecule has 0 aromatic heterocycles. The van der Waals surface area contributed by atoms with Gasteiger partial charge in [-0.15, -0.1) is 0 Å². The van der Waals surface area contributed by atoms with Crippen LogP contribution in [-0.4, -0.2) is 45.2 Å². The van der Waals surface area contributed by atoms with Crippen molar-refractivity contribution in [2.75, 3.05) is 13.8 Å². The molecule has 6 rings (SSSR count). The monoisotopic (exact) mass is 403 g/mol. The number of nitrogens with zero attached hydrogens (tertiary/aromatic N) is 3. The summed E-state index contributed by atoms with van der Waals surface area (Å²) in [6.45, 7) is 3.69. The Morgan fingerprint density at radius 3 is 2.74 bits per heavy atom. The van der Waals surface area contributed by atoms with Gasteiger partial charge in [-0.05, 0) is 19.9 Å². The molecule has 9 heteroatoms. The van der Waals surface area contributed by atoms with Crippen LogP contribution >= 0.6 is 21.6 Å². The molecule has 0 N–H and O–H groups in total. The van der Waals surface area contributed by atoms with Gasteiger partial charge in [-0.3, -0.25) is 9.59 Å². The van der Waals surface area contributed by atoms with Gasteiger partial charge in [0.25, 0.3) is 11.8 Å². The van der Waals surface area contributed by atoms with Gasteiger partial charge in [0.1, 0.15) is 0 Å². The van der Waals surface area contributed by atoms with Gasteiger partial charge < -0.3 is 19.3 Å². The maximum absolute atomic E-state index is 13.5. The summed E-state index contributed by atoms with van der Waals surface area (Å²) in [5.41, 5.74) is -0.215. The highest BCUT2D eigenvalue weighted by Gasteiger charge is 2.75. The molecule has 5 aliphatic rings. The Hall–Kier alpha value is -2.05. The Morgan fingerprint density at radius 1 is 1.22 bits per heavy atom. The molecule has 2 bridgehead atoms. The summed E-state index contributed by atoms with van der Waals surface area (Å²) in [4.78, 5) is 27.9. The van der Waals surface area contributed by atoms with E-state index in [1.165, 1.54) is 26.5 Å². The number of fused-ring (bicyclic) bond motifs is 3. The van der Waals surface area contributed by atoms with E-state index in [9.17, 15) is 14.9 Å². The predicted octanol–water partition coefficient (Wildman–Crippen LogP) is 2.50. The molecule has 1 spiro atoms. The summed E-state index contributed by atoms with van der Waals surface area (Å²) in [5, 5.41) is 10.1. The lowest BCUT2D eigenvalue weighted by atomic mass is 9.79. The molecule has 0 saturated carbocycles. The van der Waals surface area contributed by atoms with E-state index in [4.69, 9.17) is 9.47 Å². The molecule has 1 aromatic carbocycles. The summed E-state index contributed by atoms with van der Waals surface area (Å²) in [6.07, 6.45) is 0.272. The zero-order valence-electron chi connectivity index (χ0n) is 15.0. The third kappa shape index (κ3) is 1.81. The lowest BCUT2D eigenvalue weighted by molar-refractivity contribution is -0.164. The average molecular weight is 403 g/mol. The van der Waals surface area contributed by atoms with Crippen LogP contribution in [0.1, 0.15) is 31.9 Å². The first-order valence-electron chi connectivity index (χ1n) is 8.57. The number of hydrogen-bond acceptors (Lipinski definition) is 7. The summed E-state index contributed by atoms with van der Waals surface area (Å²) < 4.78 is 11.2. The number of piperazine rings is 1. The maximum atomic E-state index is 13.5. The highest BCUT2D eigenvalue weighted by Crippen LogP contribution is 2.70. The molecular weight excluding hydrogens is 386 g/mol. The normalized spacial score (nSPS) is 39.0. The first-order chi connectivity index (χ1) is 12.8. The van der Waals surface area contributed by atoms with Crippen molar-refractivity contribution in [3.05, 3.63) is 23.8 Å². The minimum absolute atomic E-state index is 0.103. The van der Waals surface area contributed by atoms with Crippen molar-refractivity contribution in [3.63, 3.8) is 0 Å². The Balaban J connectivity index is 1.75. The lowest BCUT2D eigenvalue weighted by Crippen LogP contribution is -2.73. The van der Waals surface area contributed by atoms with Crippen molar-refractivity contribution in [2.24, 2.45) is 5.41 Å². The number of benzene rings is 1. The average Bonchev–Trinajstić information content (AvgIpc) is 3.24. The van der Waals surface area contributed by atoms with Crippen LogP contribution in [0.2, 0.25) is 0 Å². The Labute approximate surface area is 164 Å². The molecular formula is C18H17N3O4S2. The van der Waals surface area contributed by atoms with Crippen LogP contribution in [0, 0.1) is 16.7 Å². The molecule has 27 heavy (non-hydrogen) atoms. The molecule has 0 radical (unpaired) electrons. The smallest absolute Gasteiger partial charge is 0.261 e. The minimum Gasteiger partial charge on any atom is -0.454 e. The van der Waals surface area contributed by atoms with Gasteiger partial charge >= 0.3 is 0 Å². The van der Waals surface area contributed by atoms with Gasteiger partial charge in [0, 0.05) is 19.0 Å². The van der Waals surface area contributed by atoms with Gasteiger partial charge in [-0.1, -0.05) is 33.7 Å². The van der Waals surface area contributed by atoms with Crippen LogP contribution in [0.3, 0.4) is 0 Å². The summed E-state index contributed by atoms with van der Waals surface area (Å²) in [5.74, 6) is 0.884. The predicted molar refractivity (Wildman–Crippen MR) is 99.6 cm³/mol.